The highest BCUT2D eigenvalue weighted by molar-refractivity contribution is 7.80. The molecule has 144 valence electrons. The summed E-state index contributed by atoms with van der Waals surface area (Å²) in [5, 5.41) is 17.2. The SMILES string of the molecule is CC(C)(C)[C@@H]1CCC[C@H]2C1=NN(c1nc(C(N)=S)cs1)[C@]2(O)C(F)(F)F. The van der Waals surface area contributed by atoms with E-state index in [0.717, 1.165) is 17.8 Å². The van der Waals surface area contributed by atoms with Gasteiger partial charge in [0.2, 0.25) is 5.13 Å². The van der Waals surface area contributed by atoms with Gasteiger partial charge in [-0.25, -0.2) is 4.98 Å². The van der Waals surface area contributed by atoms with Gasteiger partial charge in [-0.1, -0.05) is 39.4 Å². The van der Waals surface area contributed by atoms with Crippen molar-refractivity contribution in [2.45, 2.75) is 51.9 Å². The molecule has 5 nitrogen and oxygen atoms in total. The average molecular weight is 406 g/mol. The Kier molecular flexibility index (Phi) is 4.60. The molecule has 2 aliphatic rings. The van der Waals surface area contributed by atoms with Crippen molar-refractivity contribution < 1.29 is 18.3 Å². The van der Waals surface area contributed by atoms with Gasteiger partial charge in [-0.05, 0) is 18.3 Å². The van der Waals surface area contributed by atoms with Crippen LogP contribution in [0.4, 0.5) is 18.3 Å². The molecule has 3 atom stereocenters. The summed E-state index contributed by atoms with van der Waals surface area (Å²) >= 11 is 5.76. The Hall–Kier alpha value is -1.26. The molecule has 0 bridgehead atoms. The van der Waals surface area contributed by atoms with Gasteiger partial charge >= 0.3 is 6.18 Å². The van der Waals surface area contributed by atoms with Gasteiger partial charge in [0.15, 0.2) is 0 Å². The average Bonchev–Trinajstić information content (AvgIpc) is 3.09. The van der Waals surface area contributed by atoms with E-state index in [9.17, 15) is 18.3 Å². The van der Waals surface area contributed by atoms with Crippen molar-refractivity contribution in [2.75, 3.05) is 5.01 Å². The molecular weight excluding hydrogens is 385 g/mol. The summed E-state index contributed by atoms with van der Waals surface area (Å²) in [5.41, 5.74) is 2.75. The molecule has 0 saturated heterocycles. The second-order valence-electron chi connectivity index (χ2n) is 7.84. The first-order valence-electron chi connectivity index (χ1n) is 8.30. The summed E-state index contributed by atoms with van der Waals surface area (Å²) in [6, 6.07) is 0. The summed E-state index contributed by atoms with van der Waals surface area (Å²) in [5.74, 6) is -1.26. The molecule has 10 heteroatoms. The predicted octanol–water partition coefficient (Wildman–Crippen LogP) is 3.67. The Morgan fingerprint density at radius 2 is 2.04 bits per heavy atom. The van der Waals surface area contributed by atoms with Crippen LogP contribution in [0.1, 0.15) is 45.7 Å². The van der Waals surface area contributed by atoms with E-state index in [0.29, 0.717) is 17.1 Å². The molecular formula is C16H21F3N4OS2. The first-order chi connectivity index (χ1) is 11.9. The monoisotopic (exact) mass is 406 g/mol. The molecule has 3 N–H and O–H groups in total. The summed E-state index contributed by atoms with van der Waals surface area (Å²) in [7, 11) is 0. The molecule has 1 fully saturated rings. The topological polar surface area (TPSA) is 74.7 Å². The molecule has 1 aliphatic carbocycles. The minimum absolute atomic E-state index is 0.0140. The summed E-state index contributed by atoms with van der Waals surface area (Å²) < 4.78 is 42.0. The van der Waals surface area contributed by atoms with Gasteiger partial charge in [0.1, 0.15) is 10.7 Å². The molecule has 1 aromatic rings. The lowest BCUT2D eigenvalue weighted by molar-refractivity contribution is -0.269. The van der Waals surface area contributed by atoms with E-state index in [4.69, 9.17) is 18.0 Å². The highest BCUT2D eigenvalue weighted by atomic mass is 32.1. The molecule has 1 aliphatic heterocycles. The zero-order valence-electron chi connectivity index (χ0n) is 14.7. The molecule has 0 unspecified atom stereocenters. The second kappa shape index (κ2) is 6.13. The van der Waals surface area contributed by atoms with Gasteiger partial charge in [-0.3, -0.25) is 0 Å². The van der Waals surface area contributed by atoms with Crippen LogP contribution in [-0.2, 0) is 0 Å². The summed E-state index contributed by atoms with van der Waals surface area (Å²) in [6.45, 7) is 5.94. The number of fused-ring (bicyclic) bond motifs is 1. The normalized spacial score (nSPS) is 29.5. The van der Waals surface area contributed by atoms with E-state index in [2.05, 4.69) is 10.1 Å². The summed E-state index contributed by atoms with van der Waals surface area (Å²) in [4.78, 5) is 4.04. The van der Waals surface area contributed by atoms with Crippen molar-refractivity contribution in [3.05, 3.63) is 11.1 Å². The standard InChI is InChI=1S/C16H21F3N4OS2/c1-14(2,3)8-5-4-6-9-11(8)22-23(15(9,24)16(17,18)19)13-21-10(7-26-13)12(20)25/h7-9,24H,4-6H2,1-3H3,(H2,20,25)/t8-,9+,15-/m1/s1. The van der Waals surface area contributed by atoms with Crippen molar-refractivity contribution in [1.29, 1.82) is 0 Å². The van der Waals surface area contributed by atoms with Gasteiger partial charge in [0.25, 0.3) is 5.72 Å². The van der Waals surface area contributed by atoms with Crippen LogP contribution in [0.2, 0.25) is 0 Å². The number of thiocarbonyl (C=S) groups is 1. The minimum atomic E-state index is -4.89. The highest BCUT2D eigenvalue weighted by Crippen LogP contribution is 2.53. The molecule has 0 radical (unpaired) electrons. The number of hydrazone groups is 1. The molecule has 1 aromatic heterocycles. The zero-order chi connectivity index (χ0) is 19.5. The molecule has 0 amide bonds. The number of thiazole rings is 1. The van der Waals surface area contributed by atoms with E-state index in [1.807, 2.05) is 20.8 Å². The number of hydrogen-bond donors (Lipinski definition) is 2. The minimum Gasteiger partial charge on any atom is -0.388 e. The number of nitrogens with two attached hydrogens (primary N) is 1. The fraction of sp³-hybridized carbons (Fsp3) is 0.688. The quantitative estimate of drug-likeness (QED) is 0.733. The number of rotatable bonds is 2. The molecule has 3 rings (SSSR count). The van der Waals surface area contributed by atoms with Crippen LogP contribution in [0.3, 0.4) is 0 Å². The largest absolute Gasteiger partial charge is 0.439 e. The number of nitrogens with zero attached hydrogens (tertiary/aromatic N) is 3. The van der Waals surface area contributed by atoms with Gasteiger partial charge in [-0.2, -0.15) is 23.3 Å². The van der Waals surface area contributed by atoms with Crippen LogP contribution in [0.15, 0.2) is 10.5 Å². The van der Waals surface area contributed by atoms with Crippen molar-refractivity contribution >= 4 is 39.4 Å². The van der Waals surface area contributed by atoms with E-state index >= 15 is 0 Å². The lowest BCUT2D eigenvalue weighted by atomic mass is 9.66. The summed E-state index contributed by atoms with van der Waals surface area (Å²) in [6.07, 6.45) is -3.31. The van der Waals surface area contributed by atoms with Gasteiger partial charge in [-0.15, -0.1) is 11.3 Å². The zero-order valence-corrected chi connectivity index (χ0v) is 16.3. The highest BCUT2D eigenvalue weighted by Gasteiger charge is 2.69. The van der Waals surface area contributed by atoms with E-state index in [-0.39, 0.29) is 33.6 Å². The van der Waals surface area contributed by atoms with Gasteiger partial charge in [0, 0.05) is 11.3 Å². The van der Waals surface area contributed by atoms with Crippen LogP contribution >= 0.6 is 23.6 Å². The Balaban J connectivity index is 2.13. The molecule has 2 heterocycles. The van der Waals surface area contributed by atoms with Crippen LogP contribution in [-0.4, -0.2) is 32.7 Å². The number of aromatic nitrogens is 1. The third kappa shape index (κ3) is 2.91. The number of halogens is 3. The first-order valence-corrected chi connectivity index (χ1v) is 9.59. The fourth-order valence-electron chi connectivity index (χ4n) is 3.81. The maximum absolute atomic E-state index is 14.0. The second-order valence-corrected chi connectivity index (χ2v) is 9.12. The third-order valence-electron chi connectivity index (χ3n) is 5.11. The van der Waals surface area contributed by atoms with Crippen LogP contribution in [0.25, 0.3) is 0 Å². The van der Waals surface area contributed by atoms with E-state index in [1.165, 1.54) is 5.38 Å². The molecule has 1 saturated carbocycles. The Labute approximate surface area is 159 Å². The Morgan fingerprint density at radius 3 is 2.54 bits per heavy atom. The van der Waals surface area contributed by atoms with E-state index in [1.54, 1.807) is 0 Å². The van der Waals surface area contributed by atoms with Crippen molar-refractivity contribution in [1.82, 2.24) is 4.98 Å². The van der Waals surface area contributed by atoms with Crippen molar-refractivity contribution in [2.24, 2.45) is 28.1 Å². The first kappa shape index (κ1) is 19.5. The smallest absolute Gasteiger partial charge is 0.388 e. The Bertz CT molecular complexity index is 755. The Morgan fingerprint density at radius 1 is 1.38 bits per heavy atom. The number of aliphatic hydroxyl groups is 1. The molecule has 0 aromatic carbocycles. The van der Waals surface area contributed by atoms with Crippen LogP contribution < -0.4 is 10.7 Å². The van der Waals surface area contributed by atoms with Gasteiger partial charge in [0.05, 0.1) is 11.6 Å². The van der Waals surface area contributed by atoms with Crippen molar-refractivity contribution in [3.8, 4) is 0 Å². The van der Waals surface area contributed by atoms with E-state index < -0.39 is 17.8 Å². The van der Waals surface area contributed by atoms with Crippen LogP contribution in [0, 0.1) is 17.3 Å². The number of hydrogen-bond acceptors (Lipinski definition) is 6. The lowest BCUT2D eigenvalue weighted by Crippen LogP contribution is -2.61. The molecule has 0 spiro atoms. The molecule has 26 heavy (non-hydrogen) atoms. The van der Waals surface area contributed by atoms with Crippen LogP contribution in [0.5, 0.6) is 0 Å². The maximum Gasteiger partial charge on any atom is 0.439 e. The number of alkyl halides is 3. The lowest BCUT2D eigenvalue weighted by Gasteiger charge is -2.41. The van der Waals surface area contributed by atoms with Crippen molar-refractivity contribution in [3.63, 3.8) is 0 Å². The third-order valence-corrected chi connectivity index (χ3v) is 6.14. The van der Waals surface area contributed by atoms with Gasteiger partial charge < -0.3 is 10.8 Å². The fourth-order valence-corrected chi connectivity index (χ4v) is 4.82. The maximum atomic E-state index is 14.0. The predicted molar refractivity (Wildman–Crippen MR) is 99.2 cm³/mol. The number of anilines is 1.